The van der Waals surface area contributed by atoms with Crippen LogP contribution in [0, 0.1) is 0 Å². The number of benzene rings is 1. The summed E-state index contributed by atoms with van der Waals surface area (Å²) in [5, 5.41) is 49.3. The van der Waals surface area contributed by atoms with E-state index in [0.29, 0.717) is 62.2 Å². The molecule has 0 unspecified atom stereocenters. The number of aromatic carboxylic acids is 2. The van der Waals surface area contributed by atoms with Crippen molar-refractivity contribution in [3.05, 3.63) is 306 Å². The van der Waals surface area contributed by atoms with Gasteiger partial charge in [0.15, 0.2) is 6.29 Å². The molecule has 0 saturated heterocycles. The average Bonchev–Trinajstić information content (AvgIpc) is 0.859. The molecule has 0 saturated carbocycles. The Morgan fingerprint density at radius 3 is 1.17 bits per heavy atom. The van der Waals surface area contributed by atoms with Crippen molar-refractivity contribution in [1.82, 2.24) is 54.8 Å². The molecular weight excluding hydrogens is 1710 g/mol. The molecule has 0 spiro atoms. The number of nitrogen functional groups attached to an aromatic ring is 1. The van der Waals surface area contributed by atoms with Gasteiger partial charge in [0.05, 0.1) is 77.7 Å². The van der Waals surface area contributed by atoms with Gasteiger partial charge < -0.3 is 68.1 Å². The maximum atomic E-state index is 11.6. The average molecular weight is 1780 g/mol. The zero-order valence-electron chi connectivity index (χ0n) is 61.9. The third kappa shape index (κ3) is 40.8. The normalized spacial score (nSPS) is 9.40. The Hall–Kier alpha value is -9.13. The van der Waals surface area contributed by atoms with E-state index >= 15 is 0 Å². The van der Waals surface area contributed by atoms with Crippen molar-refractivity contribution < 1.29 is 177 Å². The van der Waals surface area contributed by atoms with Gasteiger partial charge in [-0.25, -0.2) is 49.1 Å². The number of aromatic nitrogens is 11. The van der Waals surface area contributed by atoms with Gasteiger partial charge >= 0.3 is 133 Å². The summed E-state index contributed by atoms with van der Waals surface area (Å²) in [6, 6.07) is 36.2. The van der Waals surface area contributed by atoms with Crippen molar-refractivity contribution in [1.29, 1.82) is 0 Å². The number of pyridine rings is 11. The van der Waals surface area contributed by atoms with E-state index in [9.17, 15) is 28.8 Å². The quantitative estimate of drug-likeness (QED) is 0.00753. The molecule has 11 aromatic heterocycles. The molecule has 0 aliphatic carbocycles. The number of anilines is 9. The molecule has 0 bridgehead atoms. The van der Waals surface area contributed by atoms with Crippen LogP contribution in [0.5, 0.6) is 0 Å². The van der Waals surface area contributed by atoms with Crippen molar-refractivity contribution in [2.45, 2.75) is 20.0 Å². The van der Waals surface area contributed by atoms with Crippen LogP contribution in [0.2, 0.25) is 41.0 Å². The summed E-state index contributed by atoms with van der Waals surface area (Å²) in [5.74, 6) is -3.34. The number of carbonyl (C=O) groups is 7. The van der Waals surface area contributed by atoms with E-state index in [1.54, 1.807) is 142 Å². The number of nitrogens with zero attached hydrogens (tertiary/aromatic N) is 11. The minimum Gasteiger partial charge on any atom is -1.00 e. The number of methoxy groups -OCH3 is 2. The topological polar surface area (TPSA) is 456 Å². The van der Waals surface area contributed by atoms with Crippen LogP contribution in [0.4, 0.5) is 51.2 Å². The number of nitrogens with two attached hydrogens (primary N) is 1. The zero-order valence-corrected chi connectivity index (χ0v) is 73.2. The molecule has 11 heterocycles. The summed E-state index contributed by atoms with van der Waals surface area (Å²) < 4.78 is 13.9. The third-order valence-electron chi connectivity index (χ3n) is 12.9. The van der Waals surface area contributed by atoms with Crippen molar-refractivity contribution in [2.24, 2.45) is 0 Å². The van der Waals surface area contributed by atoms with Crippen LogP contribution in [0.3, 0.4) is 0 Å². The van der Waals surface area contributed by atoms with Crippen molar-refractivity contribution in [2.75, 3.05) is 47.8 Å². The van der Waals surface area contributed by atoms with Crippen LogP contribution in [0.1, 0.15) is 71.3 Å². The van der Waals surface area contributed by atoms with E-state index in [2.05, 4.69) is 90.5 Å². The fraction of sp³-hybridized carbons (Fsp3) is 0.0811. The van der Waals surface area contributed by atoms with Gasteiger partial charge in [0, 0.05) is 139 Å². The van der Waals surface area contributed by atoms with Crippen LogP contribution in [-0.4, -0.2) is 134 Å². The first-order chi connectivity index (χ1) is 54.3. The summed E-state index contributed by atoms with van der Waals surface area (Å²) >= 11 is 45.3. The second-order valence-corrected chi connectivity index (χ2v) is 23.7. The van der Waals surface area contributed by atoms with Gasteiger partial charge in [-0.3, -0.25) is 39.3 Å². The summed E-state index contributed by atoms with van der Waals surface area (Å²) in [7, 11) is 2.71. The minimum atomic E-state index is -1.11. The van der Waals surface area contributed by atoms with Crippen LogP contribution in [-0.2, 0) is 41.7 Å². The maximum absolute atomic E-state index is 11.6. The molecule has 115 heavy (non-hydrogen) atoms. The van der Waals surface area contributed by atoms with Gasteiger partial charge in [0.25, 0.3) is 6.47 Å². The number of aliphatic hydroxyl groups excluding tert-OH is 1. The van der Waals surface area contributed by atoms with Crippen molar-refractivity contribution >= 4 is 187 Å². The molecule has 0 aliphatic rings. The fourth-order valence-electron chi connectivity index (χ4n) is 7.75. The monoisotopic (exact) mass is 1770 g/mol. The zero-order chi connectivity index (χ0) is 82.9. The number of halogens is 8. The predicted octanol–water partition coefficient (Wildman–Crippen LogP) is 9.56. The Morgan fingerprint density at radius 2 is 0.809 bits per heavy atom. The van der Waals surface area contributed by atoms with Crippen LogP contribution in [0.25, 0.3) is 0 Å². The molecule has 0 atom stereocenters. The number of carboxylic acid groups (broad SMARTS) is 2. The van der Waals surface area contributed by atoms with Gasteiger partial charge in [0.2, 0.25) is 0 Å². The van der Waals surface area contributed by atoms with E-state index in [1.165, 1.54) is 57.2 Å². The summed E-state index contributed by atoms with van der Waals surface area (Å²) in [6.07, 6.45) is 25.6. The van der Waals surface area contributed by atoms with Crippen LogP contribution in [0.15, 0.2) is 227 Å². The number of carbonyl (C=O) groups excluding carboxylic acids is 5. The van der Waals surface area contributed by atoms with E-state index in [-0.39, 0.29) is 165 Å². The molecule has 9 N–H and O–H groups in total. The number of ether oxygens (including phenoxy) is 3. The summed E-state index contributed by atoms with van der Waals surface area (Å²) in [6.45, 7) is 1.75. The smallest absolute Gasteiger partial charge is 1.00 e. The predicted molar refractivity (Wildman–Crippen MR) is 427 cm³/mol. The summed E-state index contributed by atoms with van der Waals surface area (Å²) in [5.41, 5.74) is 14.3. The number of aldehydes is 1. The molecule has 12 aromatic rings. The van der Waals surface area contributed by atoms with Gasteiger partial charge in [-0.1, -0.05) is 123 Å². The van der Waals surface area contributed by atoms with Crippen LogP contribution >= 0.6 is 92.8 Å². The summed E-state index contributed by atoms with van der Waals surface area (Å²) in [4.78, 5) is 119. The molecule has 0 fully saturated rings. The largest absolute Gasteiger partial charge is 1.00 e. The molecule has 12 rings (SSSR count). The van der Waals surface area contributed by atoms with E-state index < -0.39 is 23.9 Å². The fourth-order valence-corrected chi connectivity index (χ4v) is 9.27. The molecule has 0 aliphatic heterocycles. The molecule has 588 valence electrons. The first-order valence-electron chi connectivity index (χ1n) is 31.5. The number of esters is 3. The Bertz CT molecular complexity index is 4980. The van der Waals surface area contributed by atoms with Gasteiger partial charge in [-0.15, -0.1) is 0 Å². The second-order valence-electron chi connectivity index (χ2n) is 20.6. The Kier molecular flexibility index (Phi) is 52.0. The van der Waals surface area contributed by atoms with Gasteiger partial charge in [-0.05, 0) is 110 Å². The molecule has 1 aromatic carbocycles. The number of carboxylic acids is 2. The molecule has 0 radical (unpaired) electrons. The van der Waals surface area contributed by atoms with Gasteiger partial charge in [-0.2, -0.15) is 0 Å². The van der Waals surface area contributed by atoms with E-state index in [1.807, 2.05) is 42.5 Å². The minimum absolute atomic E-state index is 0. The first-order valence-corrected chi connectivity index (χ1v) is 34.6. The van der Waals surface area contributed by atoms with E-state index in [4.69, 9.17) is 129 Å². The van der Waals surface area contributed by atoms with Crippen molar-refractivity contribution in [3.8, 4) is 0 Å². The van der Waals surface area contributed by atoms with E-state index in [0.717, 1.165) is 52.2 Å². The molecule has 0 amide bonds. The number of rotatable bonds is 18. The molecule has 31 nitrogen and oxygen atoms in total. The second kappa shape index (κ2) is 58.7. The SMILES string of the molecule is CCOC(=O)c1cnc(Cl)cc1Cl.COC(=O)Cc1ccccc1.COC(=O)c1cnc(Cl)cc1Nc1ccncc1.Nc1ccncc1.O=C(O)c1cnc(Cl)cc1Cl.O=C(O)c1cnc(Cl)cc1Nc1ccncc1.O=CO[O-].O=Cc1cnc(Cl)cc1Nc1ccncc1.OCc1cnc(Cl)cc1Nc1ccncc1.[H-].[K+].[K+]. The number of hydrogen-bond donors (Lipinski definition) is 8. The number of aliphatic hydroxyl groups is 1. The van der Waals surface area contributed by atoms with Gasteiger partial charge in [0.1, 0.15) is 42.0 Å². The number of hydrogen-bond acceptors (Lipinski definition) is 29. The first kappa shape index (κ1) is 102. The Morgan fingerprint density at radius 1 is 0.461 bits per heavy atom. The molecular formula is C74H64Cl8K2N16O15. The Labute approximate surface area is 783 Å². The van der Waals surface area contributed by atoms with Crippen LogP contribution < -0.4 is 135 Å². The maximum Gasteiger partial charge on any atom is 1.00 e. The molecule has 41 heteroatoms. The van der Waals surface area contributed by atoms with Crippen molar-refractivity contribution in [3.63, 3.8) is 0 Å². The number of nitrogens with one attached hydrogen (secondary N) is 4. The third-order valence-corrected chi connectivity index (χ3v) is 14.8. The standard InChI is InChI=1S/C12H10ClN3O2.C11H8ClN3O2.C11H10ClN3O.C11H8ClN3O.C9H10O2.C8H7Cl2NO2.C6H3Cl2NO2.C5H6N2.CH2O3.2K.H/c1-18-12(17)9-7-15-11(13)6-10(9)16-8-2-4-14-5-3-8;12-10-5-9(8(6-14-10)11(16)17)15-7-1-3-13-4-2-7;2*12-11-5-10(8(7-16)6-14-11)15-9-1-3-13-4-2-9;1-11-9(10)7-8-5-3-2-4-6-8;1-2-13-8(12)5-4-11-7(10)3-6(5)9;7-4-1-5(8)9-2-3(4)6(10)11;6-5-1-3-7-4-2-5;2-1-4-3;;;/h2-7H,1H3,(H,14,15,16);1-6H,(H,16,17)(H,13,14,15);1-6,16H,7H2,(H,13,14,15);1-7H,(H,13,14,15);2-6H,7H2,1H3;3-4H,2H2,1H3;1-2H,(H,10,11);1-4H,(H2,6,7);1,3H;;;/q;;;;;;;;;2*+1;-1/p-1. The Balaban J connectivity index is 0.000000663.